The summed E-state index contributed by atoms with van der Waals surface area (Å²) in [5.74, 6) is 0.294. The second-order valence-electron chi connectivity index (χ2n) is 7.62. The molecule has 1 unspecified atom stereocenters. The smallest absolute Gasteiger partial charge is 0.325 e. The van der Waals surface area contributed by atoms with Crippen LogP contribution in [0.15, 0.2) is 12.1 Å². The first-order chi connectivity index (χ1) is 9.22. The van der Waals surface area contributed by atoms with Crippen molar-refractivity contribution in [2.24, 2.45) is 0 Å². The maximum Gasteiger partial charge on any atom is 0.325 e. The number of phenolic OH excluding ortho intramolecular Hbond substituents is 1. The molecule has 0 saturated heterocycles. The van der Waals surface area contributed by atoms with E-state index >= 15 is 0 Å². The molecular weight excluding hydrogens is 287 g/mol. The number of aromatic hydroxyl groups is 1. The summed E-state index contributed by atoms with van der Waals surface area (Å²) in [5.41, 5.74) is 1.97. The molecule has 0 aliphatic heterocycles. The summed E-state index contributed by atoms with van der Waals surface area (Å²) < 4.78 is 16.3. The topological polar surface area (TPSA) is 66.8 Å². The molecule has 0 amide bonds. The minimum atomic E-state index is -3.52. The third kappa shape index (κ3) is 5.14. The number of hydrogen-bond donors (Lipinski definition) is 2. The summed E-state index contributed by atoms with van der Waals surface area (Å²) >= 11 is 0. The van der Waals surface area contributed by atoms with Crippen LogP contribution in [0.2, 0.25) is 0 Å². The lowest BCUT2D eigenvalue weighted by Gasteiger charge is -2.28. The summed E-state index contributed by atoms with van der Waals surface area (Å²) in [4.78, 5) is 9.28. The van der Waals surface area contributed by atoms with Gasteiger partial charge in [-0.25, -0.2) is 0 Å². The van der Waals surface area contributed by atoms with E-state index in [2.05, 4.69) is 0 Å². The van der Waals surface area contributed by atoms with E-state index in [9.17, 15) is 14.6 Å². The van der Waals surface area contributed by atoms with Gasteiger partial charge in [-0.15, -0.1) is 0 Å². The van der Waals surface area contributed by atoms with Gasteiger partial charge in [0.15, 0.2) is 0 Å². The van der Waals surface area contributed by atoms with Crippen LogP contribution in [0.3, 0.4) is 0 Å². The van der Waals surface area contributed by atoms with Gasteiger partial charge >= 0.3 is 7.60 Å². The van der Waals surface area contributed by atoms with E-state index in [1.165, 1.54) is 6.66 Å². The van der Waals surface area contributed by atoms with Crippen molar-refractivity contribution >= 4 is 7.60 Å². The fraction of sp³-hybridized carbons (Fsp3) is 0.625. The zero-order valence-electron chi connectivity index (χ0n) is 14.0. The molecule has 0 saturated carbocycles. The highest BCUT2D eigenvalue weighted by Gasteiger charge is 2.26. The van der Waals surface area contributed by atoms with Gasteiger partial charge in [0.25, 0.3) is 0 Å². The van der Waals surface area contributed by atoms with Gasteiger partial charge in [0.2, 0.25) is 0 Å². The van der Waals surface area contributed by atoms with Gasteiger partial charge < -0.3 is 14.5 Å². The molecule has 0 aliphatic rings. The lowest BCUT2D eigenvalue weighted by molar-refractivity contribution is 0.255. The van der Waals surface area contributed by atoms with Crippen LogP contribution in [0.4, 0.5) is 0 Å². The van der Waals surface area contributed by atoms with Crippen molar-refractivity contribution in [2.75, 3.05) is 6.66 Å². The lowest BCUT2D eigenvalue weighted by atomic mass is 9.78. The molecule has 1 rings (SSSR count). The van der Waals surface area contributed by atoms with E-state index in [4.69, 9.17) is 4.52 Å². The van der Waals surface area contributed by atoms with Crippen molar-refractivity contribution in [1.29, 1.82) is 0 Å². The Morgan fingerprint density at radius 3 is 1.71 bits per heavy atom. The minimum absolute atomic E-state index is 0.0523. The van der Waals surface area contributed by atoms with Crippen LogP contribution >= 0.6 is 7.60 Å². The van der Waals surface area contributed by atoms with Crippen molar-refractivity contribution in [2.45, 2.75) is 59.0 Å². The van der Waals surface area contributed by atoms with Crippen molar-refractivity contribution < 1.29 is 19.1 Å². The van der Waals surface area contributed by atoms with E-state index in [1.807, 2.05) is 53.7 Å². The second-order valence-corrected chi connectivity index (χ2v) is 9.48. The fourth-order valence-electron chi connectivity index (χ4n) is 2.12. The molecule has 0 radical (unpaired) electrons. The zero-order chi connectivity index (χ0) is 16.6. The van der Waals surface area contributed by atoms with Crippen molar-refractivity contribution in [3.05, 3.63) is 28.8 Å². The van der Waals surface area contributed by atoms with Crippen molar-refractivity contribution in [1.82, 2.24) is 0 Å². The first-order valence-electron chi connectivity index (χ1n) is 7.03. The summed E-state index contributed by atoms with van der Waals surface area (Å²) in [6, 6.07) is 3.69. The SMILES string of the molecule is CC(C)(C)c1cc(COP(C)(=O)O)cc(C(C)(C)C)c1O. The van der Waals surface area contributed by atoms with E-state index in [0.717, 1.165) is 16.7 Å². The molecule has 1 atom stereocenters. The predicted molar refractivity (Wildman–Crippen MR) is 86.0 cm³/mol. The Morgan fingerprint density at radius 1 is 1.05 bits per heavy atom. The van der Waals surface area contributed by atoms with Gasteiger partial charge in [0.05, 0.1) is 6.61 Å². The number of benzene rings is 1. The number of hydrogen-bond acceptors (Lipinski definition) is 3. The highest BCUT2D eigenvalue weighted by Crippen LogP contribution is 2.42. The molecule has 0 aromatic heterocycles. The average molecular weight is 314 g/mol. The Kier molecular flexibility index (Phi) is 4.99. The molecule has 0 bridgehead atoms. The molecule has 0 heterocycles. The van der Waals surface area contributed by atoms with Crippen LogP contribution < -0.4 is 0 Å². The standard InChI is InChI=1S/C16H27O4P/c1-15(2,3)12-8-11(10-20-21(7,18)19)9-13(14(12)17)16(4,5)6/h8-9,17H,10H2,1-7H3,(H,18,19). The molecule has 4 nitrogen and oxygen atoms in total. The Labute approximate surface area is 127 Å². The third-order valence-electron chi connectivity index (χ3n) is 3.26. The highest BCUT2D eigenvalue weighted by atomic mass is 31.2. The Hall–Kier alpha value is -0.830. The zero-order valence-corrected chi connectivity index (χ0v) is 14.9. The van der Waals surface area contributed by atoms with E-state index in [0.29, 0.717) is 5.75 Å². The average Bonchev–Trinajstić information content (AvgIpc) is 2.23. The minimum Gasteiger partial charge on any atom is -0.507 e. The summed E-state index contributed by atoms with van der Waals surface area (Å²) in [7, 11) is -3.52. The number of rotatable bonds is 3. The highest BCUT2D eigenvalue weighted by molar-refractivity contribution is 7.51. The summed E-state index contributed by atoms with van der Waals surface area (Å²) in [6.45, 7) is 13.4. The monoisotopic (exact) mass is 314 g/mol. The maximum absolute atomic E-state index is 11.3. The van der Waals surface area contributed by atoms with Crippen LogP contribution in [0.5, 0.6) is 5.75 Å². The van der Waals surface area contributed by atoms with E-state index < -0.39 is 7.60 Å². The lowest BCUT2D eigenvalue weighted by Crippen LogP contribution is -2.18. The van der Waals surface area contributed by atoms with Gasteiger partial charge in [-0.1, -0.05) is 41.5 Å². The molecule has 120 valence electrons. The van der Waals surface area contributed by atoms with Gasteiger partial charge in [-0.3, -0.25) is 4.57 Å². The molecule has 21 heavy (non-hydrogen) atoms. The van der Waals surface area contributed by atoms with Gasteiger partial charge in [-0.2, -0.15) is 0 Å². The van der Waals surface area contributed by atoms with Crippen LogP contribution in [0, 0.1) is 0 Å². The molecule has 2 N–H and O–H groups in total. The maximum atomic E-state index is 11.3. The molecular formula is C16H27O4P. The fourth-order valence-corrected chi connectivity index (χ4v) is 2.50. The van der Waals surface area contributed by atoms with E-state index in [-0.39, 0.29) is 17.4 Å². The Balaban J connectivity index is 3.37. The van der Waals surface area contributed by atoms with Crippen LogP contribution in [-0.4, -0.2) is 16.7 Å². The molecule has 0 spiro atoms. The van der Waals surface area contributed by atoms with Crippen LogP contribution in [-0.2, 0) is 26.5 Å². The molecule has 1 aromatic carbocycles. The molecule has 0 fully saturated rings. The second kappa shape index (κ2) is 5.75. The van der Waals surface area contributed by atoms with Gasteiger partial charge in [-0.05, 0) is 39.7 Å². The molecule has 5 heteroatoms. The molecule has 0 aliphatic carbocycles. The number of phenols is 1. The summed E-state index contributed by atoms with van der Waals surface area (Å²) in [5, 5.41) is 10.6. The largest absolute Gasteiger partial charge is 0.507 e. The summed E-state index contributed by atoms with van der Waals surface area (Å²) in [6.07, 6.45) is 0. The Bertz CT molecular complexity index is 524. The third-order valence-corrected chi connectivity index (χ3v) is 3.86. The van der Waals surface area contributed by atoms with Crippen LogP contribution in [0.25, 0.3) is 0 Å². The quantitative estimate of drug-likeness (QED) is 0.815. The van der Waals surface area contributed by atoms with E-state index in [1.54, 1.807) is 0 Å². The van der Waals surface area contributed by atoms with Gasteiger partial charge in [0, 0.05) is 6.66 Å². The first-order valence-corrected chi connectivity index (χ1v) is 9.06. The van der Waals surface area contributed by atoms with Crippen molar-refractivity contribution in [3.8, 4) is 5.75 Å². The van der Waals surface area contributed by atoms with Gasteiger partial charge in [0.1, 0.15) is 5.75 Å². The normalized spacial score (nSPS) is 15.8. The van der Waals surface area contributed by atoms with Crippen LogP contribution in [0.1, 0.15) is 58.2 Å². The predicted octanol–water partition coefficient (Wildman–Crippen LogP) is 4.32. The first kappa shape index (κ1) is 18.2. The Morgan fingerprint density at radius 2 is 1.43 bits per heavy atom. The van der Waals surface area contributed by atoms with Crippen molar-refractivity contribution in [3.63, 3.8) is 0 Å². The molecule has 1 aromatic rings.